The molecule has 1 heterocycles. The molecule has 1 aromatic carbocycles. The third kappa shape index (κ3) is 5.27. The number of ether oxygens (including phenoxy) is 2. The summed E-state index contributed by atoms with van der Waals surface area (Å²) in [6.07, 6.45) is -0.167. The molecule has 7 heteroatoms. The maximum Gasteiger partial charge on any atom is 0.410 e. The Balaban J connectivity index is 2.15. The number of esters is 1. The quantitative estimate of drug-likeness (QED) is 0.665. The molecule has 1 atom stereocenters. The number of nitrogens with two attached hydrogens (primary N) is 1. The van der Waals surface area contributed by atoms with Gasteiger partial charge in [-0.15, -0.1) is 0 Å². The van der Waals surface area contributed by atoms with Gasteiger partial charge in [-0.05, 0) is 45.0 Å². The molecular formula is C18H27N3O4. The average Bonchev–Trinajstić information content (AvgIpc) is 2.54. The number of anilines is 2. The minimum absolute atomic E-state index is 0.183. The number of hydrogen-bond donors (Lipinski definition) is 1. The molecule has 2 rings (SSSR count). The molecule has 1 aliphatic rings. The van der Waals surface area contributed by atoms with Gasteiger partial charge in [0, 0.05) is 31.0 Å². The SMILES string of the molecule is COC(=O)CC1CN(C(=O)OC(C)(C)C)CCN1c1ccc(N)cc1. The monoisotopic (exact) mass is 349 g/mol. The van der Waals surface area contributed by atoms with Crippen molar-refractivity contribution in [3.05, 3.63) is 24.3 Å². The van der Waals surface area contributed by atoms with Gasteiger partial charge in [0.05, 0.1) is 19.6 Å². The van der Waals surface area contributed by atoms with Crippen LogP contribution >= 0.6 is 0 Å². The van der Waals surface area contributed by atoms with E-state index in [0.717, 1.165) is 5.69 Å². The van der Waals surface area contributed by atoms with Crippen molar-refractivity contribution in [2.75, 3.05) is 37.4 Å². The van der Waals surface area contributed by atoms with Crippen LogP contribution in [-0.4, -0.2) is 55.3 Å². The summed E-state index contributed by atoms with van der Waals surface area (Å²) in [6, 6.07) is 7.30. The molecule has 0 aromatic heterocycles. The van der Waals surface area contributed by atoms with Crippen LogP contribution in [0.3, 0.4) is 0 Å². The lowest BCUT2D eigenvalue weighted by atomic mass is 10.1. The Bertz CT molecular complexity index is 610. The van der Waals surface area contributed by atoms with E-state index in [2.05, 4.69) is 4.90 Å². The topological polar surface area (TPSA) is 85.1 Å². The molecule has 25 heavy (non-hydrogen) atoms. The Morgan fingerprint density at radius 2 is 1.84 bits per heavy atom. The zero-order valence-corrected chi connectivity index (χ0v) is 15.3. The number of benzene rings is 1. The fraction of sp³-hybridized carbons (Fsp3) is 0.556. The van der Waals surface area contributed by atoms with E-state index < -0.39 is 5.60 Å². The van der Waals surface area contributed by atoms with Crippen LogP contribution in [0, 0.1) is 0 Å². The highest BCUT2D eigenvalue weighted by Crippen LogP contribution is 2.24. The van der Waals surface area contributed by atoms with Gasteiger partial charge in [-0.2, -0.15) is 0 Å². The fourth-order valence-electron chi connectivity index (χ4n) is 2.80. The van der Waals surface area contributed by atoms with Gasteiger partial charge >= 0.3 is 12.1 Å². The molecule has 0 aliphatic carbocycles. The van der Waals surface area contributed by atoms with Crippen LogP contribution in [0.5, 0.6) is 0 Å². The summed E-state index contributed by atoms with van der Waals surface area (Å²) in [7, 11) is 1.37. The second-order valence-electron chi connectivity index (χ2n) is 7.15. The Hall–Kier alpha value is -2.44. The lowest BCUT2D eigenvalue weighted by molar-refractivity contribution is -0.141. The molecule has 1 aliphatic heterocycles. The highest BCUT2D eigenvalue weighted by molar-refractivity contribution is 5.72. The van der Waals surface area contributed by atoms with Gasteiger partial charge in [0.25, 0.3) is 0 Å². The van der Waals surface area contributed by atoms with Gasteiger partial charge in [0.2, 0.25) is 0 Å². The van der Waals surface area contributed by atoms with Crippen LogP contribution in [0.4, 0.5) is 16.2 Å². The first kappa shape index (κ1) is 18.9. The lowest BCUT2D eigenvalue weighted by Crippen LogP contribution is -2.56. The van der Waals surface area contributed by atoms with Crippen LogP contribution in [0.15, 0.2) is 24.3 Å². The molecule has 1 fully saturated rings. The molecule has 1 unspecified atom stereocenters. The summed E-state index contributed by atoms with van der Waals surface area (Å²) in [4.78, 5) is 27.9. The van der Waals surface area contributed by atoms with E-state index >= 15 is 0 Å². The molecule has 1 amide bonds. The number of methoxy groups -OCH3 is 1. The van der Waals surface area contributed by atoms with E-state index in [4.69, 9.17) is 15.2 Å². The summed E-state index contributed by atoms with van der Waals surface area (Å²) in [5, 5.41) is 0. The largest absolute Gasteiger partial charge is 0.469 e. The molecule has 0 saturated carbocycles. The number of hydrogen-bond acceptors (Lipinski definition) is 6. The Morgan fingerprint density at radius 3 is 2.40 bits per heavy atom. The van der Waals surface area contributed by atoms with Crippen molar-refractivity contribution in [2.24, 2.45) is 0 Å². The molecule has 7 nitrogen and oxygen atoms in total. The molecule has 1 aromatic rings. The van der Waals surface area contributed by atoms with Gasteiger partial charge in [-0.25, -0.2) is 4.79 Å². The molecule has 1 saturated heterocycles. The Labute approximate surface area is 148 Å². The van der Waals surface area contributed by atoms with Crippen LogP contribution in [0.2, 0.25) is 0 Å². The molecular weight excluding hydrogens is 322 g/mol. The number of piperazine rings is 1. The van der Waals surface area contributed by atoms with Gasteiger partial charge in [-0.3, -0.25) is 4.79 Å². The summed E-state index contributed by atoms with van der Waals surface area (Å²) in [6.45, 7) is 7.03. The van der Waals surface area contributed by atoms with Gasteiger partial charge in [-0.1, -0.05) is 0 Å². The third-order valence-electron chi connectivity index (χ3n) is 3.99. The Morgan fingerprint density at radius 1 is 1.20 bits per heavy atom. The second-order valence-corrected chi connectivity index (χ2v) is 7.15. The zero-order valence-electron chi connectivity index (χ0n) is 15.3. The minimum atomic E-state index is -0.553. The van der Waals surface area contributed by atoms with E-state index in [-0.39, 0.29) is 24.5 Å². The highest BCUT2D eigenvalue weighted by atomic mass is 16.6. The number of nitrogens with zero attached hydrogens (tertiary/aromatic N) is 2. The number of carbonyl (C=O) groups excluding carboxylic acids is 2. The lowest BCUT2D eigenvalue weighted by Gasteiger charge is -2.42. The first-order chi connectivity index (χ1) is 11.7. The molecule has 0 spiro atoms. The van der Waals surface area contributed by atoms with Crippen molar-refractivity contribution in [2.45, 2.75) is 38.8 Å². The summed E-state index contributed by atoms with van der Waals surface area (Å²) >= 11 is 0. The maximum atomic E-state index is 12.4. The zero-order chi connectivity index (χ0) is 18.6. The van der Waals surface area contributed by atoms with Gasteiger partial charge in [0.15, 0.2) is 0 Å². The second kappa shape index (κ2) is 7.63. The summed E-state index contributed by atoms with van der Waals surface area (Å²) in [5.41, 5.74) is 6.84. The van der Waals surface area contributed by atoms with E-state index in [1.807, 2.05) is 45.0 Å². The average molecular weight is 349 g/mol. The third-order valence-corrected chi connectivity index (χ3v) is 3.99. The first-order valence-electron chi connectivity index (χ1n) is 8.36. The standard InChI is InChI=1S/C18H27N3O4/c1-18(2,3)25-17(23)20-9-10-21(14-7-5-13(19)6-8-14)15(12-20)11-16(22)24-4/h5-8,15H,9-12,19H2,1-4H3. The van der Waals surface area contributed by atoms with Crippen molar-refractivity contribution in [1.82, 2.24) is 4.90 Å². The van der Waals surface area contributed by atoms with Crippen molar-refractivity contribution >= 4 is 23.4 Å². The number of rotatable bonds is 3. The number of amides is 1. The van der Waals surface area contributed by atoms with Crippen LogP contribution in [0.1, 0.15) is 27.2 Å². The first-order valence-corrected chi connectivity index (χ1v) is 8.36. The molecule has 0 radical (unpaired) electrons. The summed E-state index contributed by atoms with van der Waals surface area (Å²) < 4.78 is 10.3. The molecule has 2 N–H and O–H groups in total. The van der Waals surface area contributed by atoms with Crippen molar-refractivity contribution in [3.63, 3.8) is 0 Å². The van der Waals surface area contributed by atoms with E-state index in [0.29, 0.717) is 25.3 Å². The van der Waals surface area contributed by atoms with E-state index in [9.17, 15) is 9.59 Å². The van der Waals surface area contributed by atoms with E-state index in [1.54, 1.807) is 4.90 Å². The van der Waals surface area contributed by atoms with Crippen molar-refractivity contribution < 1.29 is 19.1 Å². The number of nitrogen functional groups attached to an aromatic ring is 1. The van der Waals surface area contributed by atoms with Crippen LogP contribution in [-0.2, 0) is 14.3 Å². The minimum Gasteiger partial charge on any atom is -0.469 e. The van der Waals surface area contributed by atoms with Crippen LogP contribution < -0.4 is 10.6 Å². The van der Waals surface area contributed by atoms with Crippen LogP contribution in [0.25, 0.3) is 0 Å². The Kier molecular flexibility index (Phi) is 5.77. The smallest absolute Gasteiger partial charge is 0.410 e. The number of carbonyl (C=O) groups is 2. The predicted molar refractivity (Wildman–Crippen MR) is 96.4 cm³/mol. The normalized spacial score (nSPS) is 18.0. The van der Waals surface area contributed by atoms with Crippen molar-refractivity contribution in [3.8, 4) is 0 Å². The van der Waals surface area contributed by atoms with E-state index in [1.165, 1.54) is 7.11 Å². The molecule has 0 bridgehead atoms. The maximum absolute atomic E-state index is 12.4. The fourth-order valence-corrected chi connectivity index (χ4v) is 2.80. The van der Waals surface area contributed by atoms with Crippen molar-refractivity contribution in [1.29, 1.82) is 0 Å². The predicted octanol–water partition coefficient (Wildman–Crippen LogP) is 2.26. The molecule has 138 valence electrons. The summed E-state index contributed by atoms with van der Waals surface area (Å²) in [5.74, 6) is -0.309. The van der Waals surface area contributed by atoms with Gasteiger partial charge in [0.1, 0.15) is 5.60 Å². The van der Waals surface area contributed by atoms with Gasteiger partial charge < -0.3 is 25.0 Å². The highest BCUT2D eigenvalue weighted by Gasteiger charge is 2.33.